The molecule has 1 aromatic carbocycles. The van der Waals surface area contributed by atoms with Crippen LogP contribution in [0.15, 0.2) is 30.9 Å². The summed E-state index contributed by atoms with van der Waals surface area (Å²) in [5, 5.41) is 0. The maximum Gasteiger partial charge on any atom is 0.573 e. The standard InChI is InChI=1S/C14H15F3O3/c1-2-3-4-10-9-11(20-14(15,16)17)5-6-12(10)13-18-7-8-19-13/h2,5-6,9,13H,1,3-4,7-8H2. The first-order valence-electron chi connectivity index (χ1n) is 6.22. The second-order valence-corrected chi connectivity index (χ2v) is 4.31. The van der Waals surface area contributed by atoms with Gasteiger partial charge in [-0.05, 0) is 36.6 Å². The lowest BCUT2D eigenvalue weighted by molar-refractivity contribution is -0.274. The van der Waals surface area contributed by atoms with E-state index in [9.17, 15) is 13.2 Å². The minimum Gasteiger partial charge on any atom is -0.406 e. The molecule has 0 amide bonds. The molecule has 0 radical (unpaired) electrons. The number of rotatable bonds is 5. The number of allylic oxidation sites excluding steroid dienone is 1. The van der Waals surface area contributed by atoms with E-state index in [1.165, 1.54) is 12.1 Å². The maximum atomic E-state index is 12.2. The molecule has 0 saturated carbocycles. The molecule has 0 atom stereocenters. The third-order valence-corrected chi connectivity index (χ3v) is 2.84. The van der Waals surface area contributed by atoms with Gasteiger partial charge in [0, 0.05) is 5.56 Å². The summed E-state index contributed by atoms with van der Waals surface area (Å²) < 4.78 is 51.4. The molecule has 0 aromatic heterocycles. The van der Waals surface area contributed by atoms with Crippen molar-refractivity contribution in [1.29, 1.82) is 0 Å². The lowest BCUT2D eigenvalue weighted by atomic mass is 10.0. The number of alkyl halides is 3. The zero-order valence-corrected chi connectivity index (χ0v) is 10.8. The van der Waals surface area contributed by atoms with Crippen LogP contribution in [0.4, 0.5) is 13.2 Å². The second kappa shape index (κ2) is 6.28. The van der Waals surface area contributed by atoms with Gasteiger partial charge in [-0.15, -0.1) is 19.8 Å². The normalized spacial score (nSPS) is 16.4. The Bertz CT molecular complexity index is 465. The second-order valence-electron chi connectivity index (χ2n) is 4.31. The van der Waals surface area contributed by atoms with E-state index in [-0.39, 0.29) is 5.75 Å². The average Bonchev–Trinajstić information content (AvgIpc) is 2.88. The van der Waals surface area contributed by atoms with E-state index in [1.54, 1.807) is 12.1 Å². The summed E-state index contributed by atoms with van der Waals surface area (Å²) >= 11 is 0. The highest BCUT2D eigenvalue weighted by Gasteiger charge is 2.31. The molecule has 1 saturated heterocycles. The average molecular weight is 288 g/mol. The van der Waals surface area contributed by atoms with Crippen molar-refractivity contribution >= 4 is 0 Å². The fourth-order valence-corrected chi connectivity index (χ4v) is 2.02. The van der Waals surface area contributed by atoms with Crippen molar-refractivity contribution < 1.29 is 27.4 Å². The van der Waals surface area contributed by atoms with Crippen LogP contribution in [0.3, 0.4) is 0 Å². The molecular weight excluding hydrogens is 273 g/mol. The molecular formula is C14H15F3O3. The molecule has 110 valence electrons. The summed E-state index contributed by atoms with van der Waals surface area (Å²) in [7, 11) is 0. The first kappa shape index (κ1) is 14.9. The molecule has 0 unspecified atom stereocenters. The lowest BCUT2D eigenvalue weighted by Crippen LogP contribution is -2.17. The molecule has 0 N–H and O–H groups in total. The van der Waals surface area contributed by atoms with Gasteiger partial charge in [0.05, 0.1) is 13.2 Å². The van der Waals surface area contributed by atoms with Crippen LogP contribution in [0, 0.1) is 0 Å². The molecule has 0 aliphatic carbocycles. The van der Waals surface area contributed by atoms with Crippen LogP contribution in [0.1, 0.15) is 23.8 Å². The van der Waals surface area contributed by atoms with E-state index in [1.807, 2.05) is 0 Å². The monoisotopic (exact) mass is 288 g/mol. The third kappa shape index (κ3) is 3.98. The van der Waals surface area contributed by atoms with Crippen LogP contribution in [0.5, 0.6) is 5.75 Å². The van der Waals surface area contributed by atoms with Gasteiger partial charge in [-0.3, -0.25) is 0 Å². The summed E-state index contributed by atoms with van der Waals surface area (Å²) in [6.07, 6.45) is -2.31. The van der Waals surface area contributed by atoms with E-state index in [0.29, 0.717) is 31.6 Å². The van der Waals surface area contributed by atoms with E-state index < -0.39 is 12.7 Å². The minimum absolute atomic E-state index is 0.238. The number of aryl methyl sites for hydroxylation is 1. The van der Waals surface area contributed by atoms with Crippen LogP contribution >= 0.6 is 0 Å². The molecule has 2 rings (SSSR count). The van der Waals surface area contributed by atoms with Gasteiger partial charge in [0.1, 0.15) is 5.75 Å². The first-order valence-corrected chi connectivity index (χ1v) is 6.22. The third-order valence-electron chi connectivity index (χ3n) is 2.84. The number of halogens is 3. The number of ether oxygens (including phenoxy) is 3. The number of hydrogen-bond acceptors (Lipinski definition) is 3. The Hall–Kier alpha value is -1.53. The van der Waals surface area contributed by atoms with Crippen LogP contribution in [-0.4, -0.2) is 19.6 Å². The molecule has 1 aromatic rings. The van der Waals surface area contributed by atoms with Crippen molar-refractivity contribution in [2.75, 3.05) is 13.2 Å². The quantitative estimate of drug-likeness (QED) is 0.772. The van der Waals surface area contributed by atoms with Gasteiger partial charge in [0.25, 0.3) is 0 Å². The predicted octanol–water partition coefficient (Wildman–Crippen LogP) is 3.75. The van der Waals surface area contributed by atoms with Gasteiger partial charge >= 0.3 is 6.36 Å². The number of hydrogen-bond donors (Lipinski definition) is 0. The molecule has 6 heteroatoms. The van der Waals surface area contributed by atoms with Gasteiger partial charge in [-0.1, -0.05) is 6.08 Å². The van der Waals surface area contributed by atoms with Crippen molar-refractivity contribution in [2.24, 2.45) is 0 Å². The van der Waals surface area contributed by atoms with E-state index >= 15 is 0 Å². The highest BCUT2D eigenvalue weighted by molar-refractivity contribution is 5.37. The molecule has 3 nitrogen and oxygen atoms in total. The summed E-state index contributed by atoms with van der Waals surface area (Å²) in [6.45, 7) is 4.57. The smallest absolute Gasteiger partial charge is 0.406 e. The molecule has 20 heavy (non-hydrogen) atoms. The Kier molecular flexibility index (Phi) is 4.67. The van der Waals surface area contributed by atoms with Gasteiger partial charge in [-0.25, -0.2) is 0 Å². The SMILES string of the molecule is C=CCCc1cc(OC(F)(F)F)ccc1C1OCCO1. The number of benzene rings is 1. The fourth-order valence-electron chi connectivity index (χ4n) is 2.02. The van der Waals surface area contributed by atoms with Crippen LogP contribution in [0.2, 0.25) is 0 Å². The van der Waals surface area contributed by atoms with Gasteiger partial charge in [0.15, 0.2) is 6.29 Å². The van der Waals surface area contributed by atoms with Crippen LogP contribution in [0.25, 0.3) is 0 Å². The molecule has 0 bridgehead atoms. The molecule has 1 aliphatic rings. The largest absolute Gasteiger partial charge is 0.573 e. The molecule has 1 heterocycles. The highest BCUT2D eigenvalue weighted by atomic mass is 19.4. The van der Waals surface area contributed by atoms with Gasteiger partial charge < -0.3 is 14.2 Å². The Morgan fingerprint density at radius 1 is 1.30 bits per heavy atom. The minimum atomic E-state index is -4.70. The van der Waals surface area contributed by atoms with E-state index in [0.717, 1.165) is 5.56 Å². The lowest BCUT2D eigenvalue weighted by Gasteiger charge is -2.16. The van der Waals surface area contributed by atoms with Gasteiger partial charge in [-0.2, -0.15) is 0 Å². The van der Waals surface area contributed by atoms with Crippen LogP contribution in [-0.2, 0) is 15.9 Å². The topological polar surface area (TPSA) is 27.7 Å². The molecule has 1 aliphatic heterocycles. The van der Waals surface area contributed by atoms with Crippen molar-refractivity contribution in [2.45, 2.75) is 25.5 Å². The van der Waals surface area contributed by atoms with E-state index in [2.05, 4.69) is 11.3 Å². The van der Waals surface area contributed by atoms with Crippen molar-refractivity contribution in [3.63, 3.8) is 0 Å². The van der Waals surface area contributed by atoms with Crippen LogP contribution < -0.4 is 4.74 Å². The van der Waals surface area contributed by atoms with Crippen molar-refractivity contribution in [3.05, 3.63) is 42.0 Å². The van der Waals surface area contributed by atoms with E-state index in [4.69, 9.17) is 9.47 Å². The fraction of sp³-hybridized carbons (Fsp3) is 0.429. The first-order chi connectivity index (χ1) is 9.49. The summed E-state index contributed by atoms with van der Waals surface area (Å²) in [5.74, 6) is -0.238. The van der Waals surface area contributed by atoms with Gasteiger partial charge in [0.2, 0.25) is 0 Å². The highest BCUT2D eigenvalue weighted by Crippen LogP contribution is 2.31. The Balaban J connectivity index is 2.24. The molecule has 0 spiro atoms. The summed E-state index contributed by atoms with van der Waals surface area (Å²) in [6, 6.07) is 4.19. The summed E-state index contributed by atoms with van der Waals surface area (Å²) in [4.78, 5) is 0. The predicted molar refractivity (Wildman–Crippen MR) is 66.3 cm³/mol. The van der Waals surface area contributed by atoms with Crippen molar-refractivity contribution in [1.82, 2.24) is 0 Å². The Morgan fingerprint density at radius 3 is 2.60 bits per heavy atom. The Labute approximate surface area is 114 Å². The molecule has 1 fully saturated rings. The zero-order chi connectivity index (χ0) is 14.6. The Morgan fingerprint density at radius 2 is 2.00 bits per heavy atom. The van der Waals surface area contributed by atoms with Crippen molar-refractivity contribution in [3.8, 4) is 5.75 Å². The summed E-state index contributed by atoms with van der Waals surface area (Å²) in [5.41, 5.74) is 1.44. The maximum absolute atomic E-state index is 12.2. The zero-order valence-electron chi connectivity index (χ0n) is 10.8.